The standard InChI is InChI=1S/C19H15ClN2O4/c1-25-19(24)11-8-17(23)22(10-11)12-6-7-14(20)13(9-12)18-21-15-4-2-3-5-16(15)26-18/h2-7,9,11H,8,10H2,1H3/t11-/m0/s1. The minimum Gasteiger partial charge on any atom is -0.469 e. The second-order valence-electron chi connectivity index (χ2n) is 6.08. The molecule has 0 aliphatic carbocycles. The van der Waals surface area contributed by atoms with Gasteiger partial charge in [0.1, 0.15) is 5.52 Å². The predicted molar refractivity (Wildman–Crippen MR) is 96.9 cm³/mol. The first-order valence-corrected chi connectivity index (χ1v) is 8.48. The molecule has 1 amide bonds. The van der Waals surface area contributed by atoms with Gasteiger partial charge >= 0.3 is 5.97 Å². The van der Waals surface area contributed by atoms with Crippen molar-refractivity contribution in [2.45, 2.75) is 6.42 Å². The maximum absolute atomic E-state index is 12.3. The summed E-state index contributed by atoms with van der Waals surface area (Å²) in [5.41, 5.74) is 2.62. The van der Waals surface area contributed by atoms with Gasteiger partial charge in [-0.25, -0.2) is 4.98 Å². The first-order valence-electron chi connectivity index (χ1n) is 8.10. The summed E-state index contributed by atoms with van der Waals surface area (Å²) in [4.78, 5) is 30.1. The number of methoxy groups -OCH3 is 1. The summed E-state index contributed by atoms with van der Waals surface area (Å²) in [6, 6.07) is 12.6. The van der Waals surface area contributed by atoms with E-state index in [-0.39, 0.29) is 24.8 Å². The monoisotopic (exact) mass is 370 g/mol. The van der Waals surface area contributed by atoms with Gasteiger partial charge in [-0.2, -0.15) is 0 Å². The molecule has 0 N–H and O–H groups in total. The SMILES string of the molecule is COC(=O)[C@H]1CC(=O)N(c2ccc(Cl)c(-c3nc4ccccc4o3)c2)C1. The zero-order valence-electron chi connectivity index (χ0n) is 13.9. The number of anilines is 1. The highest BCUT2D eigenvalue weighted by atomic mass is 35.5. The molecule has 1 aliphatic rings. The molecule has 6 nitrogen and oxygen atoms in total. The molecule has 0 spiro atoms. The quantitative estimate of drug-likeness (QED) is 0.658. The molecule has 1 aromatic heterocycles. The highest BCUT2D eigenvalue weighted by Gasteiger charge is 2.36. The van der Waals surface area contributed by atoms with Gasteiger partial charge in [-0.15, -0.1) is 0 Å². The Hall–Kier alpha value is -2.86. The maximum Gasteiger partial charge on any atom is 0.311 e. The molecule has 4 rings (SSSR count). The Kier molecular flexibility index (Phi) is 4.12. The topological polar surface area (TPSA) is 72.6 Å². The van der Waals surface area contributed by atoms with Crippen molar-refractivity contribution in [1.29, 1.82) is 0 Å². The summed E-state index contributed by atoms with van der Waals surface area (Å²) in [5.74, 6) is -0.592. The minimum atomic E-state index is -0.462. The number of halogens is 1. The van der Waals surface area contributed by atoms with Gasteiger partial charge in [0.15, 0.2) is 5.58 Å². The molecular formula is C19H15ClN2O4. The second kappa shape index (κ2) is 6.46. The molecule has 2 aromatic carbocycles. The summed E-state index contributed by atoms with van der Waals surface area (Å²) in [5, 5.41) is 0.469. The van der Waals surface area contributed by atoms with Crippen molar-refractivity contribution < 1.29 is 18.7 Å². The summed E-state index contributed by atoms with van der Waals surface area (Å²) in [6.45, 7) is 0.278. The van der Waals surface area contributed by atoms with E-state index in [1.165, 1.54) is 7.11 Å². The van der Waals surface area contributed by atoms with E-state index in [1.54, 1.807) is 23.1 Å². The number of ether oxygens (including phenoxy) is 1. The molecule has 1 saturated heterocycles. The lowest BCUT2D eigenvalue weighted by Gasteiger charge is -2.17. The lowest BCUT2D eigenvalue weighted by Crippen LogP contribution is -2.26. The van der Waals surface area contributed by atoms with Crippen molar-refractivity contribution in [3.63, 3.8) is 0 Å². The normalized spacial score (nSPS) is 17.1. The predicted octanol–water partition coefficient (Wildman–Crippen LogP) is 3.67. The lowest BCUT2D eigenvalue weighted by atomic mass is 10.1. The summed E-state index contributed by atoms with van der Waals surface area (Å²) < 4.78 is 10.5. The van der Waals surface area contributed by atoms with Crippen LogP contribution in [0.3, 0.4) is 0 Å². The summed E-state index contributed by atoms with van der Waals surface area (Å²) in [6.07, 6.45) is 0.132. The third kappa shape index (κ3) is 2.82. The average molecular weight is 371 g/mol. The van der Waals surface area contributed by atoms with E-state index in [0.717, 1.165) is 5.52 Å². The van der Waals surface area contributed by atoms with E-state index in [2.05, 4.69) is 4.98 Å². The number of benzene rings is 2. The Morgan fingerprint density at radius 3 is 2.88 bits per heavy atom. The van der Waals surface area contributed by atoms with Gasteiger partial charge in [0.05, 0.1) is 23.6 Å². The molecule has 0 bridgehead atoms. The van der Waals surface area contributed by atoms with E-state index in [4.69, 9.17) is 20.8 Å². The van der Waals surface area contributed by atoms with E-state index >= 15 is 0 Å². The molecule has 132 valence electrons. The van der Waals surface area contributed by atoms with Crippen LogP contribution in [0.2, 0.25) is 5.02 Å². The third-order valence-electron chi connectivity index (χ3n) is 4.45. The zero-order chi connectivity index (χ0) is 18.3. The van der Waals surface area contributed by atoms with Crippen LogP contribution in [-0.2, 0) is 14.3 Å². The smallest absolute Gasteiger partial charge is 0.311 e. The van der Waals surface area contributed by atoms with Crippen LogP contribution in [0.4, 0.5) is 5.69 Å². The number of hydrogen-bond donors (Lipinski definition) is 0. The van der Waals surface area contributed by atoms with Crippen molar-refractivity contribution in [3.8, 4) is 11.5 Å². The Morgan fingerprint density at radius 1 is 1.31 bits per heavy atom. The van der Waals surface area contributed by atoms with E-state index in [0.29, 0.717) is 27.7 Å². The Morgan fingerprint density at radius 2 is 2.12 bits per heavy atom. The van der Waals surface area contributed by atoms with Crippen molar-refractivity contribution in [2.24, 2.45) is 5.92 Å². The molecule has 7 heteroatoms. The van der Waals surface area contributed by atoms with Crippen LogP contribution in [0.25, 0.3) is 22.6 Å². The summed E-state index contributed by atoms with van der Waals surface area (Å²) in [7, 11) is 1.32. The van der Waals surface area contributed by atoms with Crippen LogP contribution in [0, 0.1) is 5.92 Å². The van der Waals surface area contributed by atoms with Crippen molar-refractivity contribution in [1.82, 2.24) is 4.98 Å². The maximum atomic E-state index is 12.3. The van der Waals surface area contributed by atoms with E-state index in [1.807, 2.05) is 24.3 Å². The molecule has 2 heterocycles. The van der Waals surface area contributed by atoms with Gasteiger partial charge in [0.2, 0.25) is 11.8 Å². The minimum absolute atomic E-state index is 0.132. The van der Waals surface area contributed by atoms with Crippen LogP contribution in [0.1, 0.15) is 6.42 Å². The number of nitrogens with zero attached hydrogens (tertiary/aromatic N) is 2. The largest absolute Gasteiger partial charge is 0.469 e. The molecule has 0 unspecified atom stereocenters. The van der Waals surface area contributed by atoms with Gasteiger partial charge in [-0.05, 0) is 30.3 Å². The Balaban J connectivity index is 1.70. The zero-order valence-corrected chi connectivity index (χ0v) is 14.7. The number of aromatic nitrogens is 1. The molecule has 1 aliphatic heterocycles. The average Bonchev–Trinajstić information content (AvgIpc) is 3.25. The number of para-hydroxylation sites is 2. The Labute approximate surface area is 154 Å². The fraction of sp³-hybridized carbons (Fsp3) is 0.211. The fourth-order valence-corrected chi connectivity index (χ4v) is 3.31. The van der Waals surface area contributed by atoms with Gasteiger partial charge in [-0.3, -0.25) is 9.59 Å². The van der Waals surface area contributed by atoms with Crippen molar-refractivity contribution in [3.05, 3.63) is 47.5 Å². The van der Waals surface area contributed by atoms with Crippen LogP contribution < -0.4 is 4.90 Å². The van der Waals surface area contributed by atoms with E-state index < -0.39 is 5.92 Å². The number of fused-ring (bicyclic) bond motifs is 1. The number of amides is 1. The first kappa shape index (κ1) is 16.6. The van der Waals surface area contributed by atoms with Crippen molar-refractivity contribution >= 4 is 40.3 Å². The van der Waals surface area contributed by atoms with Gasteiger partial charge in [0.25, 0.3) is 0 Å². The molecule has 0 radical (unpaired) electrons. The van der Waals surface area contributed by atoms with Gasteiger partial charge < -0.3 is 14.1 Å². The number of carbonyl (C=O) groups is 2. The number of rotatable bonds is 3. The third-order valence-corrected chi connectivity index (χ3v) is 4.78. The fourth-order valence-electron chi connectivity index (χ4n) is 3.11. The first-order chi connectivity index (χ1) is 12.6. The number of esters is 1. The molecule has 1 fully saturated rings. The highest BCUT2D eigenvalue weighted by molar-refractivity contribution is 6.33. The van der Waals surface area contributed by atoms with Crippen LogP contribution in [0.15, 0.2) is 46.9 Å². The van der Waals surface area contributed by atoms with Crippen molar-refractivity contribution in [2.75, 3.05) is 18.6 Å². The van der Waals surface area contributed by atoms with Gasteiger partial charge in [0, 0.05) is 18.7 Å². The molecule has 0 saturated carbocycles. The lowest BCUT2D eigenvalue weighted by molar-refractivity contribution is -0.145. The molecular weight excluding hydrogens is 356 g/mol. The Bertz CT molecular complexity index is 981. The number of hydrogen-bond acceptors (Lipinski definition) is 5. The highest BCUT2D eigenvalue weighted by Crippen LogP contribution is 2.35. The molecule has 26 heavy (non-hydrogen) atoms. The van der Waals surface area contributed by atoms with Crippen LogP contribution in [0.5, 0.6) is 0 Å². The van der Waals surface area contributed by atoms with Gasteiger partial charge in [-0.1, -0.05) is 23.7 Å². The van der Waals surface area contributed by atoms with Crippen LogP contribution >= 0.6 is 11.6 Å². The second-order valence-corrected chi connectivity index (χ2v) is 6.49. The number of oxazole rings is 1. The summed E-state index contributed by atoms with van der Waals surface area (Å²) >= 11 is 6.33. The van der Waals surface area contributed by atoms with E-state index in [9.17, 15) is 9.59 Å². The molecule has 1 atom stereocenters. The van der Waals surface area contributed by atoms with Crippen LogP contribution in [-0.4, -0.2) is 30.5 Å². The molecule has 3 aromatic rings. The number of carbonyl (C=O) groups excluding carboxylic acids is 2.